The number of thiazole rings is 1. The van der Waals surface area contributed by atoms with Crippen molar-refractivity contribution in [2.45, 2.75) is 0 Å². The molecule has 0 atom stereocenters. The molecule has 0 saturated heterocycles. The topological polar surface area (TPSA) is 42.0 Å². The van der Waals surface area contributed by atoms with Crippen molar-refractivity contribution in [3.05, 3.63) is 82.1 Å². The predicted molar refractivity (Wildman–Crippen MR) is 113 cm³/mol. The summed E-state index contributed by atoms with van der Waals surface area (Å²) >= 11 is 6.51. The van der Waals surface area contributed by atoms with Crippen LogP contribution >= 0.6 is 38.6 Å². The number of hydrogen-bond donors (Lipinski definition) is 1. The molecule has 3 nitrogen and oxygen atoms in total. The minimum absolute atomic E-state index is 0.163. The average Bonchev–Trinajstić information content (AvgIpc) is 3.32. The molecule has 1 N–H and O–H groups in total. The second-order valence-electron chi connectivity index (χ2n) is 5.50. The monoisotopic (exact) mass is 440 g/mol. The van der Waals surface area contributed by atoms with Gasteiger partial charge in [0.2, 0.25) is 0 Å². The number of carbonyl (C=O) groups is 1. The molecule has 26 heavy (non-hydrogen) atoms. The Bertz CT molecular complexity index is 1030. The highest BCUT2D eigenvalue weighted by atomic mass is 79.9. The summed E-state index contributed by atoms with van der Waals surface area (Å²) in [5.41, 5.74) is 2.60. The standard InChI is InChI=1S/C20H13BrN2OS2/c21-15-10-8-14(9-11-15)19(24)23-20-22-17(16-7-4-12-25-16)18(26-20)13-5-2-1-3-6-13/h1-12H,(H,22,23,24). The van der Waals surface area contributed by atoms with Crippen molar-refractivity contribution in [3.63, 3.8) is 0 Å². The first-order valence-electron chi connectivity index (χ1n) is 7.88. The molecular formula is C20H13BrN2OS2. The van der Waals surface area contributed by atoms with E-state index in [1.807, 2.05) is 47.8 Å². The summed E-state index contributed by atoms with van der Waals surface area (Å²) in [5, 5.41) is 5.56. The van der Waals surface area contributed by atoms with Crippen molar-refractivity contribution < 1.29 is 4.79 Å². The molecule has 2 aromatic heterocycles. The van der Waals surface area contributed by atoms with Gasteiger partial charge >= 0.3 is 0 Å². The number of anilines is 1. The number of halogens is 1. The van der Waals surface area contributed by atoms with Gasteiger partial charge < -0.3 is 0 Å². The zero-order chi connectivity index (χ0) is 17.9. The maximum Gasteiger partial charge on any atom is 0.257 e. The molecule has 0 aliphatic carbocycles. The largest absolute Gasteiger partial charge is 0.298 e. The lowest BCUT2D eigenvalue weighted by atomic mass is 10.1. The van der Waals surface area contributed by atoms with Crippen LogP contribution < -0.4 is 5.32 Å². The number of carbonyl (C=O) groups excluding carboxylic acids is 1. The van der Waals surface area contributed by atoms with Crippen LogP contribution in [0.4, 0.5) is 5.13 Å². The van der Waals surface area contributed by atoms with Gasteiger partial charge in [0.25, 0.3) is 5.91 Å². The van der Waals surface area contributed by atoms with E-state index in [-0.39, 0.29) is 5.91 Å². The fourth-order valence-corrected chi connectivity index (χ4v) is 4.54. The molecule has 2 aromatic carbocycles. The number of nitrogens with one attached hydrogen (secondary N) is 1. The van der Waals surface area contributed by atoms with Crippen LogP contribution in [-0.2, 0) is 0 Å². The minimum atomic E-state index is -0.163. The first kappa shape index (κ1) is 17.1. The Labute approximate surface area is 167 Å². The molecule has 0 unspecified atom stereocenters. The van der Waals surface area contributed by atoms with Crippen LogP contribution in [0.2, 0.25) is 0 Å². The fraction of sp³-hybridized carbons (Fsp3) is 0. The maximum atomic E-state index is 12.5. The minimum Gasteiger partial charge on any atom is -0.298 e. The van der Waals surface area contributed by atoms with E-state index < -0.39 is 0 Å². The van der Waals surface area contributed by atoms with Crippen molar-refractivity contribution in [1.82, 2.24) is 4.98 Å². The SMILES string of the molecule is O=C(Nc1nc(-c2cccs2)c(-c2ccccc2)s1)c1ccc(Br)cc1. The Balaban J connectivity index is 1.69. The molecule has 0 aliphatic rings. The lowest BCUT2D eigenvalue weighted by Gasteiger charge is -2.01. The van der Waals surface area contributed by atoms with E-state index in [0.29, 0.717) is 10.7 Å². The van der Waals surface area contributed by atoms with E-state index in [9.17, 15) is 4.79 Å². The van der Waals surface area contributed by atoms with E-state index in [0.717, 1.165) is 25.5 Å². The highest BCUT2D eigenvalue weighted by molar-refractivity contribution is 9.10. The van der Waals surface area contributed by atoms with Gasteiger partial charge in [-0.05, 0) is 41.3 Å². The number of aromatic nitrogens is 1. The maximum absolute atomic E-state index is 12.5. The molecule has 0 spiro atoms. The van der Waals surface area contributed by atoms with Gasteiger partial charge in [0.1, 0.15) is 5.69 Å². The average molecular weight is 441 g/mol. The van der Waals surface area contributed by atoms with Crippen molar-refractivity contribution >= 4 is 49.6 Å². The summed E-state index contributed by atoms with van der Waals surface area (Å²) in [7, 11) is 0. The summed E-state index contributed by atoms with van der Waals surface area (Å²) in [6, 6.07) is 21.5. The third-order valence-corrected chi connectivity index (χ3v) is 6.17. The smallest absolute Gasteiger partial charge is 0.257 e. The quantitative estimate of drug-likeness (QED) is 0.390. The molecule has 6 heteroatoms. The second-order valence-corrected chi connectivity index (χ2v) is 8.36. The summed E-state index contributed by atoms with van der Waals surface area (Å²) in [6.07, 6.45) is 0. The second kappa shape index (κ2) is 7.53. The van der Waals surface area contributed by atoms with Crippen molar-refractivity contribution in [3.8, 4) is 21.0 Å². The molecule has 0 aliphatic heterocycles. The van der Waals surface area contributed by atoms with Gasteiger partial charge in [0.15, 0.2) is 5.13 Å². The summed E-state index contributed by atoms with van der Waals surface area (Å²) < 4.78 is 0.939. The first-order chi connectivity index (χ1) is 12.7. The molecule has 0 fully saturated rings. The molecule has 2 heterocycles. The lowest BCUT2D eigenvalue weighted by Crippen LogP contribution is -2.11. The number of benzene rings is 2. The summed E-state index contributed by atoms with van der Waals surface area (Å²) in [4.78, 5) is 19.4. The van der Waals surface area contributed by atoms with Crippen LogP contribution in [0.25, 0.3) is 21.0 Å². The van der Waals surface area contributed by atoms with E-state index in [2.05, 4.69) is 33.4 Å². The summed E-state index contributed by atoms with van der Waals surface area (Å²) in [6.45, 7) is 0. The Kier molecular flexibility index (Phi) is 4.97. The van der Waals surface area contributed by atoms with Crippen molar-refractivity contribution in [2.24, 2.45) is 0 Å². The van der Waals surface area contributed by atoms with Crippen molar-refractivity contribution in [1.29, 1.82) is 0 Å². The van der Waals surface area contributed by atoms with E-state index in [1.165, 1.54) is 11.3 Å². The lowest BCUT2D eigenvalue weighted by molar-refractivity contribution is 0.102. The molecule has 1 amide bonds. The van der Waals surface area contributed by atoms with Gasteiger partial charge in [-0.2, -0.15) is 0 Å². The van der Waals surface area contributed by atoms with Crippen LogP contribution in [0.5, 0.6) is 0 Å². The van der Waals surface area contributed by atoms with E-state index >= 15 is 0 Å². The normalized spacial score (nSPS) is 10.7. The Hall–Kier alpha value is -2.28. The van der Waals surface area contributed by atoms with Crippen LogP contribution in [0, 0.1) is 0 Å². The molecule has 0 bridgehead atoms. The van der Waals surface area contributed by atoms with Crippen molar-refractivity contribution in [2.75, 3.05) is 5.32 Å². The Morgan fingerprint density at radius 2 is 1.73 bits per heavy atom. The van der Waals surface area contributed by atoms with Crippen LogP contribution in [0.15, 0.2) is 76.6 Å². The van der Waals surface area contributed by atoms with Crippen LogP contribution in [0.1, 0.15) is 10.4 Å². The van der Waals surface area contributed by atoms with E-state index in [1.54, 1.807) is 23.5 Å². The van der Waals surface area contributed by atoms with Crippen LogP contribution in [-0.4, -0.2) is 10.9 Å². The molecule has 0 radical (unpaired) electrons. The number of thiophene rings is 1. The van der Waals surface area contributed by atoms with E-state index in [4.69, 9.17) is 4.98 Å². The number of rotatable bonds is 4. The number of amides is 1. The molecular weight excluding hydrogens is 428 g/mol. The third kappa shape index (κ3) is 3.62. The highest BCUT2D eigenvalue weighted by Gasteiger charge is 2.17. The van der Waals surface area contributed by atoms with Gasteiger partial charge in [0.05, 0.1) is 9.75 Å². The Morgan fingerprint density at radius 3 is 2.42 bits per heavy atom. The predicted octanol–water partition coefficient (Wildman–Crippen LogP) is 6.55. The molecule has 4 rings (SSSR count). The Morgan fingerprint density at radius 1 is 0.962 bits per heavy atom. The molecule has 128 valence electrons. The van der Waals surface area contributed by atoms with Gasteiger partial charge in [-0.25, -0.2) is 4.98 Å². The zero-order valence-electron chi connectivity index (χ0n) is 13.5. The number of hydrogen-bond acceptors (Lipinski definition) is 4. The molecule has 4 aromatic rings. The van der Waals surface area contributed by atoms with Crippen LogP contribution in [0.3, 0.4) is 0 Å². The van der Waals surface area contributed by atoms with Gasteiger partial charge in [0, 0.05) is 10.0 Å². The highest BCUT2D eigenvalue weighted by Crippen LogP contribution is 2.40. The number of nitrogens with zero attached hydrogens (tertiary/aromatic N) is 1. The summed E-state index contributed by atoms with van der Waals surface area (Å²) in [5.74, 6) is -0.163. The third-order valence-electron chi connectivity index (χ3n) is 3.74. The van der Waals surface area contributed by atoms with Gasteiger partial charge in [-0.1, -0.05) is 63.7 Å². The molecule has 0 saturated carbocycles. The zero-order valence-corrected chi connectivity index (χ0v) is 16.7. The van der Waals surface area contributed by atoms with Gasteiger partial charge in [-0.3, -0.25) is 10.1 Å². The van der Waals surface area contributed by atoms with Gasteiger partial charge in [-0.15, -0.1) is 11.3 Å². The first-order valence-corrected chi connectivity index (χ1v) is 10.4. The fourth-order valence-electron chi connectivity index (χ4n) is 2.51.